The highest BCUT2D eigenvalue weighted by atomic mass is 35.5. The molecule has 0 spiro atoms. The lowest BCUT2D eigenvalue weighted by molar-refractivity contribution is -0.115. The van der Waals surface area contributed by atoms with Crippen LogP contribution in [-0.2, 0) is 11.8 Å². The van der Waals surface area contributed by atoms with Crippen LogP contribution in [0.25, 0.3) is 11.0 Å². The first-order valence-corrected chi connectivity index (χ1v) is 8.37. The summed E-state index contributed by atoms with van der Waals surface area (Å²) in [6.45, 7) is 3.48. The topological polar surface area (TPSA) is 88.9 Å². The molecule has 0 saturated heterocycles. The minimum Gasteiger partial charge on any atom is -0.343 e. The predicted octanol–water partition coefficient (Wildman–Crippen LogP) is 2.61. The van der Waals surface area contributed by atoms with Crippen LogP contribution in [0.3, 0.4) is 0 Å². The van der Waals surface area contributed by atoms with E-state index in [1.165, 1.54) is 0 Å². The molecule has 8 heteroatoms. The lowest BCUT2D eigenvalue weighted by atomic mass is 10.1. The minimum atomic E-state index is -0.345. The zero-order valence-corrected chi connectivity index (χ0v) is 15.4. The second-order valence-corrected chi connectivity index (χ2v) is 6.39. The van der Waals surface area contributed by atoms with Crippen molar-refractivity contribution in [2.24, 2.45) is 7.05 Å². The van der Waals surface area contributed by atoms with Crippen LogP contribution < -0.4 is 10.6 Å². The molecule has 3 aromatic rings. The molecule has 0 aliphatic heterocycles. The van der Waals surface area contributed by atoms with Gasteiger partial charge in [-0.1, -0.05) is 11.6 Å². The summed E-state index contributed by atoms with van der Waals surface area (Å²) in [5.41, 5.74) is 3.12. The molecule has 0 radical (unpaired) electrons. The molecular formula is C18H18ClN5O2. The summed E-state index contributed by atoms with van der Waals surface area (Å²) in [5.74, 6) is -0.673. The molecule has 2 amide bonds. The van der Waals surface area contributed by atoms with Crippen LogP contribution in [0.1, 0.15) is 21.7 Å². The molecule has 2 N–H and O–H groups in total. The number of hydrogen-bond donors (Lipinski definition) is 2. The molecule has 3 rings (SSSR count). The summed E-state index contributed by atoms with van der Waals surface area (Å²) in [7, 11) is 1.78. The van der Waals surface area contributed by atoms with Crippen LogP contribution >= 0.6 is 11.6 Å². The standard InChI is InChI=1S/C18H18ClN5O2/c1-10-8-14(16-11(2)23-24(3)17(16)21-10)18(26)20-9-15(25)22-13-6-4-12(19)5-7-13/h4-8H,9H2,1-3H3,(H,20,26)(H,22,25). The Labute approximate surface area is 155 Å². The highest BCUT2D eigenvalue weighted by Crippen LogP contribution is 2.21. The van der Waals surface area contributed by atoms with Gasteiger partial charge in [0.25, 0.3) is 5.91 Å². The van der Waals surface area contributed by atoms with Crippen LogP contribution in [-0.4, -0.2) is 33.1 Å². The third kappa shape index (κ3) is 3.67. The number of amides is 2. The van der Waals surface area contributed by atoms with E-state index in [2.05, 4.69) is 20.7 Å². The van der Waals surface area contributed by atoms with E-state index in [-0.39, 0.29) is 18.4 Å². The first-order valence-electron chi connectivity index (χ1n) is 7.99. The maximum atomic E-state index is 12.6. The van der Waals surface area contributed by atoms with E-state index >= 15 is 0 Å². The Morgan fingerprint density at radius 1 is 1.19 bits per heavy atom. The third-order valence-electron chi connectivity index (χ3n) is 3.88. The van der Waals surface area contributed by atoms with Gasteiger partial charge in [0.15, 0.2) is 5.65 Å². The molecule has 7 nitrogen and oxygen atoms in total. The quantitative estimate of drug-likeness (QED) is 0.737. The number of halogens is 1. The van der Waals surface area contributed by atoms with E-state index in [0.29, 0.717) is 38.7 Å². The Morgan fingerprint density at radius 2 is 1.88 bits per heavy atom. The van der Waals surface area contributed by atoms with Crippen molar-refractivity contribution in [3.05, 3.63) is 52.3 Å². The second-order valence-electron chi connectivity index (χ2n) is 5.96. The van der Waals surface area contributed by atoms with Gasteiger partial charge in [0.1, 0.15) is 0 Å². The van der Waals surface area contributed by atoms with Gasteiger partial charge in [-0.25, -0.2) is 4.98 Å². The molecule has 0 bridgehead atoms. The Morgan fingerprint density at radius 3 is 2.58 bits per heavy atom. The van der Waals surface area contributed by atoms with Gasteiger partial charge in [0.05, 0.1) is 23.2 Å². The smallest absolute Gasteiger partial charge is 0.252 e. The Balaban J connectivity index is 1.73. The Hall–Kier alpha value is -2.93. The summed E-state index contributed by atoms with van der Waals surface area (Å²) < 4.78 is 1.64. The van der Waals surface area contributed by atoms with Crippen LogP contribution in [0.5, 0.6) is 0 Å². The molecule has 0 atom stereocenters. The van der Waals surface area contributed by atoms with Gasteiger partial charge in [0, 0.05) is 23.5 Å². The summed E-state index contributed by atoms with van der Waals surface area (Å²) in [6, 6.07) is 8.44. The number of benzene rings is 1. The number of pyridine rings is 1. The van der Waals surface area contributed by atoms with Gasteiger partial charge in [-0.15, -0.1) is 0 Å². The number of hydrogen-bond acceptors (Lipinski definition) is 4. The highest BCUT2D eigenvalue weighted by molar-refractivity contribution is 6.30. The molecule has 1 aromatic carbocycles. The number of aromatic nitrogens is 3. The Bertz CT molecular complexity index is 995. The first-order chi connectivity index (χ1) is 12.3. The number of aryl methyl sites for hydroxylation is 3. The minimum absolute atomic E-state index is 0.149. The molecule has 26 heavy (non-hydrogen) atoms. The van der Waals surface area contributed by atoms with Crippen molar-refractivity contribution in [2.45, 2.75) is 13.8 Å². The molecule has 0 saturated carbocycles. The lowest BCUT2D eigenvalue weighted by Gasteiger charge is -2.09. The van der Waals surface area contributed by atoms with Gasteiger partial charge >= 0.3 is 0 Å². The Kier molecular flexibility index (Phi) is 4.90. The molecule has 134 valence electrons. The molecule has 0 unspecified atom stereocenters. The number of nitrogens with one attached hydrogen (secondary N) is 2. The van der Waals surface area contributed by atoms with E-state index in [1.807, 2.05) is 13.8 Å². The maximum Gasteiger partial charge on any atom is 0.252 e. The molecule has 2 aromatic heterocycles. The van der Waals surface area contributed by atoms with Gasteiger partial charge in [0.2, 0.25) is 5.91 Å². The number of nitrogens with zero attached hydrogens (tertiary/aromatic N) is 3. The second kappa shape index (κ2) is 7.13. The molecule has 2 heterocycles. The largest absolute Gasteiger partial charge is 0.343 e. The van der Waals surface area contributed by atoms with Gasteiger partial charge in [-0.05, 0) is 44.2 Å². The fourth-order valence-corrected chi connectivity index (χ4v) is 2.87. The van der Waals surface area contributed by atoms with Crippen LogP contribution in [0.2, 0.25) is 5.02 Å². The van der Waals surface area contributed by atoms with Crippen molar-refractivity contribution in [1.82, 2.24) is 20.1 Å². The third-order valence-corrected chi connectivity index (χ3v) is 4.13. The van der Waals surface area contributed by atoms with Crippen molar-refractivity contribution in [2.75, 3.05) is 11.9 Å². The average Bonchev–Trinajstić information content (AvgIpc) is 2.88. The number of fused-ring (bicyclic) bond motifs is 1. The van der Waals surface area contributed by atoms with E-state index in [4.69, 9.17) is 11.6 Å². The number of carbonyl (C=O) groups excluding carboxylic acids is 2. The normalized spacial score (nSPS) is 10.8. The summed E-state index contributed by atoms with van der Waals surface area (Å²) >= 11 is 5.81. The summed E-state index contributed by atoms with van der Waals surface area (Å²) in [5, 5.41) is 10.9. The van der Waals surface area contributed by atoms with Crippen molar-refractivity contribution in [3.63, 3.8) is 0 Å². The van der Waals surface area contributed by atoms with E-state index in [9.17, 15) is 9.59 Å². The summed E-state index contributed by atoms with van der Waals surface area (Å²) in [4.78, 5) is 29.1. The van der Waals surface area contributed by atoms with E-state index < -0.39 is 0 Å². The van der Waals surface area contributed by atoms with Gasteiger partial charge < -0.3 is 10.6 Å². The first kappa shape index (κ1) is 17.9. The van der Waals surface area contributed by atoms with Crippen molar-refractivity contribution < 1.29 is 9.59 Å². The fourth-order valence-electron chi connectivity index (χ4n) is 2.74. The average molecular weight is 372 g/mol. The SMILES string of the molecule is Cc1cc(C(=O)NCC(=O)Nc2ccc(Cl)cc2)c2c(C)nn(C)c2n1. The fraction of sp³-hybridized carbons (Fsp3) is 0.222. The molecule has 0 aliphatic rings. The van der Waals surface area contributed by atoms with Crippen LogP contribution in [0, 0.1) is 13.8 Å². The lowest BCUT2D eigenvalue weighted by Crippen LogP contribution is -2.33. The van der Waals surface area contributed by atoms with Gasteiger partial charge in [-0.2, -0.15) is 5.10 Å². The van der Waals surface area contributed by atoms with Crippen LogP contribution in [0.15, 0.2) is 30.3 Å². The van der Waals surface area contributed by atoms with Crippen molar-refractivity contribution in [3.8, 4) is 0 Å². The summed E-state index contributed by atoms with van der Waals surface area (Å²) in [6.07, 6.45) is 0. The van der Waals surface area contributed by atoms with Gasteiger partial charge in [-0.3, -0.25) is 14.3 Å². The zero-order chi connectivity index (χ0) is 18.8. The molecule has 0 fully saturated rings. The molecule has 0 aliphatic carbocycles. The number of carbonyl (C=O) groups is 2. The van der Waals surface area contributed by atoms with E-state index in [1.54, 1.807) is 42.1 Å². The highest BCUT2D eigenvalue weighted by Gasteiger charge is 2.18. The predicted molar refractivity (Wildman–Crippen MR) is 100 cm³/mol. The monoisotopic (exact) mass is 371 g/mol. The van der Waals surface area contributed by atoms with Crippen molar-refractivity contribution >= 4 is 40.1 Å². The zero-order valence-electron chi connectivity index (χ0n) is 14.6. The molecular weight excluding hydrogens is 354 g/mol. The van der Waals surface area contributed by atoms with Crippen molar-refractivity contribution in [1.29, 1.82) is 0 Å². The van der Waals surface area contributed by atoms with E-state index in [0.717, 1.165) is 0 Å². The number of rotatable bonds is 4. The maximum absolute atomic E-state index is 12.6. The van der Waals surface area contributed by atoms with Crippen LogP contribution in [0.4, 0.5) is 5.69 Å². The number of anilines is 1.